The molecule has 0 spiro atoms. The number of aryl methyl sites for hydroxylation is 3. The maximum Gasteiger partial charge on any atom is 0.329 e. The quantitative estimate of drug-likeness (QED) is 0.520. The van der Waals surface area contributed by atoms with Gasteiger partial charge in [-0.05, 0) is 44.0 Å². The Balaban J connectivity index is 1.92. The van der Waals surface area contributed by atoms with E-state index in [0.29, 0.717) is 5.69 Å². The van der Waals surface area contributed by atoms with Gasteiger partial charge in [0.05, 0.1) is 6.21 Å². The van der Waals surface area contributed by atoms with Gasteiger partial charge in [-0.3, -0.25) is 9.59 Å². The zero-order valence-electron chi connectivity index (χ0n) is 13.4. The van der Waals surface area contributed by atoms with Crippen LogP contribution in [0.2, 0.25) is 0 Å². The summed E-state index contributed by atoms with van der Waals surface area (Å²) in [7, 11) is 0. The predicted molar refractivity (Wildman–Crippen MR) is 91.5 cm³/mol. The third kappa shape index (κ3) is 4.78. The average molecular weight is 309 g/mol. The standard InChI is InChI=1S/C18H19N3O2/c1-12-5-8-16(9-6-12)20-17(22)18(23)21-19-11-15-7-4-13(2)10-14(15)3/h4-11H,1-3H3,(H,20,22)(H,21,23)/b19-11-. The minimum atomic E-state index is -0.813. The maximum absolute atomic E-state index is 11.8. The largest absolute Gasteiger partial charge is 0.329 e. The number of nitrogens with zero attached hydrogens (tertiary/aromatic N) is 1. The smallest absolute Gasteiger partial charge is 0.318 e. The van der Waals surface area contributed by atoms with Crippen LogP contribution in [0.5, 0.6) is 0 Å². The first-order valence-corrected chi connectivity index (χ1v) is 7.24. The van der Waals surface area contributed by atoms with Crippen LogP contribution < -0.4 is 10.7 Å². The summed E-state index contributed by atoms with van der Waals surface area (Å²) in [5, 5.41) is 6.34. The molecular weight excluding hydrogens is 290 g/mol. The summed E-state index contributed by atoms with van der Waals surface area (Å²) in [4.78, 5) is 23.5. The third-order valence-corrected chi connectivity index (χ3v) is 3.31. The number of benzene rings is 2. The van der Waals surface area contributed by atoms with Gasteiger partial charge in [-0.25, -0.2) is 5.43 Å². The Labute approximate surface area is 135 Å². The number of hydrogen-bond acceptors (Lipinski definition) is 3. The molecule has 0 atom stereocenters. The van der Waals surface area contributed by atoms with Crippen LogP contribution in [-0.2, 0) is 9.59 Å². The summed E-state index contributed by atoms with van der Waals surface area (Å²) in [5.74, 6) is -1.57. The summed E-state index contributed by atoms with van der Waals surface area (Å²) in [6, 6.07) is 13.1. The van der Waals surface area contributed by atoms with E-state index in [1.165, 1.54) is 6.21 Å². The van der Waals surface area contributed by atoms with Crippen LogP contribution in [0.1, 0.15) is 22.3 Å². The van der Waals surface area contributed by atoms with Crippen molar-refractivity contribution >= 4 is 23.7 Å². The molecule has 0 aliphatic carbocycles. The second-order valence-corrected chi connectivity index (χ2v) is 5.38. The molecule has 5 nitrogen and oxygen atoms in total. The van der Waals surface area contributed by atoms with Crippen LogP contribution in [0.3, 0.4) is 0 Å². The average Bonchev–Trinajstić information content (AvgIpc) is 2.51. The number of nitrogens with one attached hydrogen (secondary N) is 2. The molecule has 0 radical (unpaired) electrons. The van der Waals surface area contributed by atoms with E-state index in [0.717, 1.165) is 22.3 Å². The van der Waals surface area contributed by atoms with Crippen molar-refractivity contribution < 1.29 is 9.59 Å². The second kappa shape index (κ2) is 7.35. The van der Waals surface area contributed by atoms with Gasteiger partial charge < -0.3 is 5.32 Å². The van der Waals surface area contributed by atoms with E-state index in [9.17, 15) is 9.59 Å². The van der Waals surface area contributed by atoms with Crippen LogP contribution in [0.25, 0.3) is 0 Å². The van der Waals surface area contributed by atoms with Crippen molar-refractivity contribution in [3.8, 4) is 0 Å². The Morgan fingerprint density at radius 1 is 0.913 bits per heavy atom. The molecule has 0 fully saturated rings. The van der Waals surface area contributed by atoms with Gasteiger partial charge in [0.1, 0.15) is 0 Å². The van der Waals surface area contributed by atoms with E-state index in [-0.39, 0.29) is 0 Å². The van der Waals surface area contributed by atoms with Crippen molar-refractivity contribution in [2.24, 2.45) is 5.10 Å². The molecule has 0 unspecified atom stereocenters. The summed E-state index contributed by atoms with van der Waals surface area (Å²) in [5.41, 5.74) is 6.95. The van der Waals surface area contributed by atoms with E-state index in [1.807, 2.05) is 51.1 Å². The van der Waals surface area contributed by atoms with Crippen molar-refractivity contribution in [3.05, 3.63) is 64.7 Å². The summed E-state index contributed by atoms with van der Waals surface area (Å²) in [6.45, 7) is 5.91. The lowest BCUT2D eigenvalue weighted by Crippen LogP contribution is -2.32. The molecule has 118 valence electrons. The predicted octanol–water partition coefficient (Wildman–Crippen LogP) is 2.70. The Hall–Kier alpha value is -2.95. The number of hydrazone groups is 1. The van der Waals surface area contributed by atoms with Crippen LogP contribution in [0, 0.1) is 20.8 Å². The molecule has 23 heavy (non-hydrogen) atoms. The van der Waals surface area contributed by atoms with Crippen LogP contribution >= 0.6 is 0 Å². The fraction of sp³-hybridized carbons (Fsp3) is 0.167. The highest BCUT2D eigenvalue weighted by Crippen LogP contribution is 2.09. The van der Waals surface area contributed by atoms with Crippen molar-refractivity contribution in [1.82, 2.24) is 5.43 Å². The van der Waals surface area contributed by atoms with Crippen LogP contribution in [-0.4, -0.2) is 18.0 Å². The molecule has 0 aromatic heterocycles. The fourth-order valence-corrected chi connectivity index (χ4v) is 2.01. The van der Waals surface area contributed by atoms with Gasteiger partial charge in [-0.1, -0.05) is 41.5 Å². The summed E-state index contributed by atoms with van der Waals surface area (Å²) < 4.78 is 0. The number of anilines is 1. The first-order valence-electron chi connectivity index (χ1n) is 7.24. The Morgan fingerprint density at radius 3 is 2.22 bits per heavy atom. The molecule has 0 heterocycles. The van der Waals surface area contributed by atoms with Crippen molar-refractivity contribution in [3.63, 3.8) is 0 Å². The molecule has 5 heteroatoms. The maximum atomic E-state index is 11.8. The molecule has 2 aromatic rings. The Bertz CT molecular complexity index is 749. The van der Waals surface area contributed by atoms with Gasteiger partial charge in [0.25, 0.3) is 0 Å². The van der Waals surface area contributed by atoms with Crippen molar-refractivity contribution in [2.45, 2.75) is 20.8 Å². The number of carbonyl (C=O) groups is 2. The van der Waals surface area contributed by atoms with Crippen LogP contribution in [0.15, 0.2) is 47.6 Å². The summed E-state index contributed by atoms with van der Waals surface area (Å²) >= 11 is 0. The van der Waals surface area contributed by atoms with Crippen molar-refractivity contribution in [1.29, 1.82) is 0 Å². The number of amides is 2. The van der Waals surface area contributed by atoms with Crippen LogP contribution in [0.4, 0.5) is 5.69 Å². The lowest BCUT2D eigenvalue weighted by molar-refractivity contribution is -0.136. The molecule has 0 aliphatic rings. The van der Waals surface area contributed by atoms with Crippen molar-refractivity contribution in [2.75, 3.05) is 5.32 Å². The zero-order valence-corrected chi connectivity index (χ0v) is 13.4. The highest BCUT2D eigenvalue weighted by atomic mass is 16.2. The van der Waals surface area contributed by atoms with E-state index in [4.69, 9.17) is 0 Å². The lowest BCUT2D eigenvalue weighted by atomic mass is 10.1. The monoisotopic (exact) mass is 309 g/mol. The third-order valence-electron chi connectivity index (χ3n) is 3.31. The lowest BCUT2D eigenvalue weighted by Gasteiger charge is -2.04. The Kier molecular flexibility index (Phi) is 5.25. The second-order valence-electron chi connectivity index (χ2n) is 5.38. The molecule has 2 amide bonds. The molecule has 0 bridgehead atoms. The van der Waals surface area contributed by atoms with E-state index < -0.39 is 11.8 Å². The first-order chi connectivity index (χ1) is 11.0. The molecule has 2 aromatic carbocycles. The van der Waals surface area contributed by atoms with Gasteiger partial charge in [-0.2, -0.15) is 5.10 Å². The Morgan fingerprint density at radius 2 is 1.57 bits per heavy atom. The fourth-order valence-electron chi connectivity index (χ4n) is 2.01. The highest BCUT2D eigenvalue weighted by molar-refractivity contribution is 6.39. The van der Waals surface area contributed by atoms with Gasteiger partial charge in [0.15, 0.2) is 0 Å². The zero-order chi connectivity index (χ0) is 16.8. The highest BCUT2D eigenvalue weighted by Gasteiger charge is 2.12. The van der Waals surface area contributed by atoms with Gasteiger partial charge in [0.2, 0.25) is 0 Å². The molecule has 0 saturated carbocycles. The van der Waals surface area contributed by atoms with E-state index in [2.05, 4.69) is 15.8 Å². The molecule has 0 saturated heterocycles. The normalized spacial score (nSPS) is 10.6. The topological polar surface area (TPSA) is 70.6 Å². The number of rotatable bonds is 3. The van der Waals surface area contributed by atoms with E-state index in [1.54, 1.807) is 12.1 Å². The SMILES string of the molecule is Cc1ccc(NC(=O)C(=O)N/N=C\c2ccc(C)cc2C)cc1. The van der Waals surface area contributed by atoms with Gasteiger partial charge in [0, 0.05) is 5.69 Å². The van der Waals surface area contributed by atoms with Gasteiger partial charge >= 0.3 is 11.8 Å². The molecule has 2 N–H and O–H groups in total. The minimum Gasteiger partial charge on any atom is -0.318 e. The molecular formula is C18H19N3O2. The number of carbonyl (C=O) groups excluding carboxylic acids is 2. The molecule has 2 rings (SSSR count). The minimum absolute atomic E-state index is 0.564. The summed E-state index contributed by atoms with van der Waals surface area (Å²) in [6.07, 6.45) is 1.52. The first kappa shape index (κ1) is 16.4. The van der Waals surface area contributed by atoms with Gasteiger partial charge in [-0.15, -0.1) is 0 Å². The number of hydrogen-bond donors (Lipinski definition) is 2. The molecule has 0 aliphatic heterocycles. The van der Waals surface area contributed by atoms with E-state index >= 15 is 0 Å².